The summed E-state index contributed by atoms with van der Waals surface area (Å²) in [5.41, 5.74) is 0. The Kier molecular flexibility index (Phi) is 4.04. The third-order valence-electron chi connectivity index (χ3n) is 0.690. The van der Waals surface area contributed by atoms with Crippen LogP contribution in [0, 0.1) is 0 Å². The van der Waals surface area contributed by atoms with Crippen LogP contribution in [0.5, 0.6) is 0 Å². The summed E-state index contributed by atoms with van der Waals surface area (Å²) in [6, 6.07) is 0. The molecule has 0 spiro atoms. The van der Waals surface area contributed by atoms with Gasteiger partial charge in [-0.05, 0) is 13.5 Å². The third-order valence-corrected chi connectivity index (χ3v) is 0.690. The minimum absolute atomic E-state index is 0. The van der Waals surface area contributed by atoms with Crippen molar-refractivity contribution < 1.29 is 6.53 Å². The molecule has 0 aliphatic carbocycles. The van der Waals surface area contributed by atoms with Crippen LogP contribution in [-0.2, 0) is 0 Å². The minimum atomic E-state index is -0.208. The Morgan fingerprint density at radius 3 is 2.57 bits per heavy atom. The standard InChI is InChI=1S/C5H13NO.H2/c1-3-6-4-5(2)7;/h5-7H,3-4H2,1-2H3;1H. The quantitative estimate of drug-likeness (QED) is 0.538. The van der Waals surface area contributed by atoms with Gasteiger partial charge < -0.3 is 10.4 Å². The summed E-state index contributed by atoms with van der Waals surface area (Å²) in [5, 5.41) is 11.6. The smallest absolute Gasteiger partial charge is 0.0636 e. The van der Waals surface area contributed by atoms with Crippen LogP contribution >= 0.6 is 0 Å². The zero-order chi connectivity index (χ0) is 5.70. The van der Waals surface area contributed by atoms with E-state index in [0.717, 1.165) is 6.54 Å². The fourth-order valence-corrected chi connectivity index (χ4v) is 0.353. The summed E-state index contributed by atoms with van der Waals surface area (Å²) in [5.74, 6) is 0. The van der Waals surface area contributed by atoms with Crippen LogP contribution in [0.1, 0.15) is 15.3 Å². The monoisotopic (exact) mass is 105 g/mol. The molecule has 0 bridgehead atoms. The zero-order valence-electron chi connectivity index (χ0n) is 4.94. The maximum absolute atomic E-state index is 8.62. The molecule has 46 valence electrons. The Morgan fingerprint density at radius 2 is 2.43 bits per heavy atom. The van der Waals surface area contributed by atoms with Gasteiger partial charge in [-0.1, -0.05) is 6.92 Å². The van der Waals surface area contributed by atoms with Crippen LogP contribution in [0.25, 0.3) is 0 Å². The van der Waals surface area contributed by atoms with Crippen molar-refractivity contribution in [1.29, 1.82) is 0 Å². The fraction of sp³-hybridized carbons (Fsp3) is 1.00. The summed E-state index contributed by atoms with van der Waals surface area (Å²) >= 11 is 0. The lowest BCUT2D eigenvalue weighted by molar-refractivity contribution is 0.192. The van der Waals surface area contributed by atoms with Gasteiger partial charge in [0.1, 0.15) is 0 Å². The molecule has 0 fully saturated rings. The first-order valence-electron chi connectivity index (χ1n) is 2.66. The topological polar surface area (TPSA) is 32.3 Å². The molecule has 0 amide bonds. The Balaban J connectivity index is 0. The lowest BCUT2D eigenvalue weighted by atomic mass is 10.4. The maximum atomic E-state index is 8.62. The highest BCUT2D eigenvalue weighted by molar-refractivity contribution is 4.48. The van der Waals surface area contributed by atoms with E-state index >= 15 is 0 Å². The number of likely N-dealkylation sites (N-methyl/N-ethyl adjacent to an activating group) is 1. The fourth-order valence-electron chi connectivity index (χ4n) is 0.353. The van der Waals surface area contributed by atoms with Gasteiger partial charge in [0.25, 0.3) is 0 Å². The van der Waals surface area contributed by atoms with E-state index in [0.29, 0.717) is 6.54 Å². The van der Waals surface area contributed by atoms with Gasteiger partial charge in [-0.3, -0.25) is 0 Å². The van der Waals surface area contributed by atoms with Crippen molar-refractivity contribution in [3.63, 3.8) is 0 Å². The number of aliphatic hydroxyl groups is 1. The summed E-state index contributed by atoms with van der Waals surface area (Å²) in [7, 11) is 0. The second-order valence-electron chi connectivity index (χ2n) is 1.66. The third kappa shape index (κ3) is 5.92. The molecule has 0 aromatic rings. The van der Waals surface area contributed by atoms with Gasteiger partial charge in [0.05, 0.1) is 6.10 Å². The zero-order valence-corrected chi connectivity index (χ0v) is 4.94. The second kappa shape index (κ2) is 4.09. The molecule has 0 radical (unpaired) electrons. The van der Waals surface area contributed by atoms with Crippen LogP contribution in [0.2, 0.25) is 0 Å². The Hall–Kier alpha value is -0.0800. The Morgan fingerprint density at radius 1 is 1.86 bits per heavy atom. The van der Waals surface area contributed by atoms with Crippen LogP contribution in [0.4, 0.5) is 0 Å². The van der Waals surface area contributed by atoms with Gasteiger partial charge in [0, 0.05) is 7.97 Å². The van der Waals surface area contributed by atoms with E-state index in [4.69, 9.17) is 5.11 Å². The van der Waals surface area contributed by atoms with E-state index in [1.807, 2.05) is 6.92 Å². The summed E-state index contributed by atoms with van der Waals surface area (Å²) in [6.45, 7) is 5.42. The molecule has 0 saturated heterocycles. The molecule has 0 aliphatic rings. The molecule has 2 N–H and O–H groups in total. The highest BCUT2D eigenvalue weighted by Crippen LogP contribution is 1.71. The van der Waals surface area contributed by atoms with Crippen LogP contribution in [0.3, 0.4) is 0 Å². The van der Waals surface area contributed by atoms with Crippen molar-refractivity contribution in [2.24, 2.45) is 0 Å². The molecule has 2 nitrogen and oxygen atoms in total. The highest BCUT2D eigenvalue weighted by atomic mass is 16.3. The first-order chi connectivity index (χ1) is 3.27. The van der Waals surface area contributed by atoms with Gasteiger partial charge in [0.15, 0.2) is 0 Å². The van der Waals surface area contributed by atoms with Crippen molar-refractivity contribution in [3.8, 4) is 0 Å². The number of hydrogen-bond donors (Lipinski definition) is 2. The van der Waals surface area contributed by atoms with E-state index in [1.165, 1.54) is 0 Å². The molecule has 7 heavy (non-hydrogen) atoms. The number of rotatable bonds is 3. The summed E-state index contributed by atoms with van der Waals surface area (Å²) in [6.07, 6.45) is -0.208. The highest BCUT2D eigenvalue weighted by Gasteiger charge is 1.88. The SMILES string of the molecule is CCNCC(C)O.[HH]. The lowest BCUT2D eigenvalue weighted by Crippen LogP contribution is -2.23. The maximum Gasteiger partial charge on any atom is 0.0636 e. The molecule has 1 unspecified atom stereocenters. The molecule has 0 aromatic carbocycles. The molecular formula is C5H15NO. The molecule has 0 saturated carbocycles. The van der Waals surface area contributed by atoms with Crippen molar-refractivity contribution in [1.82, 2.24) is 5.32 Å². The number of hydrogen-bond acceptors (Lipinski definition) is 2. The largest absolute Gasteiger partial charge is 0.392 e. The first-order valence-corrected chi connectivity index (χ1v) is 2.66. The first kappa shape index (κ1) is 6.92. The normalized spacial score (nSPS) is 14.1. The van der Waals surface area contributed by atoms with Gasteiger partial charge in [-0.15, -0.1) is 0 Å². The molecule has 0 aromatic heterocycles. The average molecular weight is 105 g/mol. The van der Waals surface area contributed by atoms with E-state index in [-0.39, 0.29) is 7.53 Å². The molecule has 0 heterocycles. The van der Waals surface area contributed by atoms with Crippen LogP contribution in [0.15, 0.2) is 0 Å². The van der Waals surface area contributed by atoms with Gasteiger partial charge in [-0.25, -0.2) is 0 Å². The average Bonchev–Trinajstić information content (AvgIpc) is 1.61. The second-order valence-corrected chi connectivity index (χ2v) is 1.66. The summed E-state index contributed by atoms with van der Waals surface area (Å²) in [4.78, 5) is 0. The lowest BCUT2D eigenvalue weighted by Gasteiger charge is -2.01. The predicted molar refractivity (Wildman–Crippen MR) is 32.3 cm³/mol. The van der Waals surface area contributed by atoms with Gasteiger partial charge in [0.2, 0.25) is 0 Å². The van der Waals surface area contributed by atoms with Crippen molar-refractivity contribution >= 4 is 0 Å². The van der Waals surface area contributed by atoms with E-state index in [9.17, 15) is 0 Å². The molecule has 2 heteroatoms. The van der Waals surface area contributed by atoms with Crippen molar-refractivity contribution in [2.75, 3.05) is 13.1 Å². The van der Waals surface area contributed by atoms with Gasteiger partial charge in [-0.2, -0.15) is 0 Å². The van der Waals surface area contributed by atoms with Crippen molar-refractivity contribution in [3.05, 3.63) is 0 Å². The molecule has 1 atom stereocenters. The van der Waals surface area contributed by atoms with Crippen molar-refractivity contribution in [2.45, 2.75) is 20.0 Å². The molecule has 0 rings (SSSR count). The Bertz CT molecular complexity index is 41.4. The van der Waals surface area contributed by atoms with E-state index in [2.05, 4.69) is 5.32 Å². The number of nitrogens with one attached hydrogen (secondary N) is 1. The predicted octanol–water partition coefficient (Wildman–Crippen LogP) is 0.223. The van der Waals surface area contributed by atoms with E-state index < -0.39 is 0 Å². The van der Waals surface area contributed by atoms with E-state index in [1.54, 1.807) is 6.92 Å². The Labute approximate surface area is 46.0 Å². The molecular weight excluding hydrogens is 90.1 g/mol. The van der Waals surface area contributed by atoms with Gasteiger partial charge >= 0.3 is 0 Å². The minimum Gasteiger partial charge on any atom is -0.392 e. The summed E-state index contributed by atoms with van der Waals surface area (Å²) < 4.78 is 0. The van der Waals surface area contributed by atoms with Crippen LogP contribution in [-0.4, -0.2) is 24.3 Å². The van der Waals surface area contributed by atoms with Crippen LogP contribution < -0.4 is 5.32 Å². The number of aliphatic hydroxyl groups excluding tert-OH is 1. The molecule has 0 aliphatic heterocycles.